The summed E-state index contributed by atoms with van der Waals surface area (Å²) in [5.41, 5.74) is -0.544. The third-order valence-corrected chi connectivity index (χ3v) is 11.7. The first-order valence-electron chi connectivity index (χ1n) is 6.19. The Morgan fingerprint density at radius 3 is 1.59 bits per heavy atom. The summed E-state index contributed by atoms with van der Waals surface area (Å²) in [6, 6.07) is 0.964. The Morgan fingerprint density at radius 2 is 1.41 bits per heavy atom. The van der Waals surface area contributed by atoms with Crippen LogP contribution in [0.25, 0.3) is 0 Å². The predicted octanol–water partition coefficient (Wildman–Crippen LogP) is 4.60. The highest BCUT2D eigenvalue weighted by Gasteiger charge is 2.73. The summed E-state index contributed by atoms with van der Waals surface area (Å²) in [5, 5.41) is 0.286. The summed E-state index contributed by atoms with van der Waals surface area (Å²) in [6.45, 7) is 21.5. The zero-order chi connectivity index (χ0) is 13.5. The lowest BCUT2D eigenvalue weighted by atomic mass is 10.2. The highest BCUT2D eigenvalue weighted by Crippen LogP contribution is 2.63. The monoisotopic (exact) mass is 254 g/mol. The fourth-order valence-electron chi connectivity index (χ4n) is 3.57. The van der Waals surface area contributed by atoms with E-state index in [4.69, 9.17) is 9.78 Å². The molecule has 2 nitrogen and oxygen atoms in total. The molecule has 0 unspecified atom stereocenters. The van der Waals surface area contributed by atoms with Gasteiger partial charge < -0.3 is 0 Å². The van der Waals surface area contributed by atoms with E-state index in [1.807, 2.05) is 12.2 Å². The SMILES string of the molecule is C=CC[Si](C(C)(C)C)(C(C)(C)C)C1(C=C)OO1. The van der Waals surface area contributed by atoms with Crippen molar-refractivity contribution in [3.05, 3.63) is 25.3 Å². The largest absolute Gasteiger partial charge is 0.235 e. The topological polar surface area (TPSA) is 25.1 Å². The third-order valence-electron chi connectivity index (χ3n) is 4.14. The molecule has 1 fully saturated rings. The van der Waals surface area contributed by atoms with Crippen molar-refractivity contribution in [1.82, 2.24) is 0 Å². The van der Waals surface area contributed by atoms with Crippen molar-refractivity contribution < 1.29 is 9.78 Å². The van der Waals surface area contributed by atoms with Crippen LogP contribution in [0, 0.1) is 0 Å². The Kier molecular flexibility index (Phi) is 3.52. The van der Waals surface area contributed by atoms with Gasteiger partial charge in [-0.25, -0.2) is 0 Å². The first-order chi connectivity index (χ1) is 7.58. The van der Waals surface area contributed by atoms with Crippen LogP contribution in [-0.2, 0) is 9.78 Å². The molecule has 1 aliphatic heterocycles. The lowest BCUT2D eigenvalue weighted by Gasteiger charge is -2.51. The molecule has 1 heterocycles. The molecule has 0 aromatic rings. The quantitative estimate of drug-likeness (QED) is 0.317. The Hall–Kier alpha value is -0.383. The molecular formula is C14H26O2Si. The number of allylic oxidation sites excluding steroid dienone is 1. The average molecular weight is 254 g/mol. The third kappa shape index (κ3) is 1.94. The molecule has 0 N–H and O–H groups in total. The molecule has 0 radical (unpaired) electrons. The average Bonchev–Trinajstić information content (AvgIpc) is 2.90. The van der Waals surface area contributed by atoms with Crippen molar-refractivity contribution in [2.24, 2.45) is 0 Å². The molecule has 98 valence electrons. The van der Waals surface area contributed by atoms with Gasteiger partial charge in [-0.2, -0.15) is 9.78 Å². The first-order valence-corrected chi connectivity index (χ1v) is 8.40. The summed E-state index contributed by atoms with van der Waals surface area (Å²) in [5.74, 6) is 0. The number of rotatable bonds is 4. The van der Waals surface area contributed by atoms with Crippen LogP contribution in [0.2, 0.25) is 16.1 Å². The van der Waals surface area contributed by atoms with Gasteiger partial charge in [0.25, 0.3) is 0 Å². The second kappa shape index (κ2) is 4.07. The Balaban J connectivity index is 3.43. The highest BCUT2D eigenvalue weighted by atomic mass is 28.3. The van der Waals surface area contributed by atoms with Gasteiger partial charge in [-0.3, -0.25) is 0 Å². The van der Waals surface area contributed by atoms with Crippen molar-refractivity contribution in [3.8, 4) is 0 Å². The van der Waals surface area contributed by atoms with Crippen molar-refractivity contribution >= 4 is 8.07 Å². The molecule has 0 atom stereocenters. The Labute approximate surface area is 107 Å². The van der Waals surface area contributed by atoms with E-state index in [2.05, 4.69) is 54.7 Å². The molecule has 0 aromatic heterocycles. The number of hydrogen-bond acceptors (Lipinski definition) is 2. The molecule has 17 heavy (non-hydrogen) atoms. The second-order valence-corrected chi connectivity index (χ2v) is 12.9. The molecule has 0 spiro atoms. The minimum absolute atomic E-state index is 0.143. The first kappa shape index (κ1) is 14.7. The molecule has 1 rings (SSSR count). The molecule has 3 heteroatoms. The van der Waals surface area contributed by atoms with Crippen molar-refractivity contribution in [2.75, 3.05) is 0 Å². The number of hydrogen-bond donors (Lipinski definition) is 0. The van der Waals surface area contributed by atoms with Crippen LogP contribution in [-0.4, -0.2) is 13.5 Å². The normalized spacial score (nSPS) is 19.9. The van der Waals surface area contributed by atoms with Gasteiger partial charge in [0, 0.05) is 0 Å². The van der Waals surface area contributed by atoms with Gasteiger partial charge >= 0.3 is 0 Å². The van der Waals surface area contributed by atoms with Crippen LogP contribution >= 0.6 is 0 Å². The second-order valence-electron chi connectivity index (χ2n) is 6.94. The van der Waals surface area contributed by atoms with Gasteiger partial charge in [-0.1, -0.05) is 54.2 Å². The minimum Gasteiger partial charge on any atom is -0.195 e. The van der Waals surface area contributed by atoms with E-state index in [0.29, 0.717) is 0 Å². The summed E-state index contributed by atoms with van der Waals surface area (Å²) in [4.78, 5) is 10.8. The van der Waals surface area contributed by atoms with E-state index in [9.17, 15) is 0 Å². The van der Waals surface area contributed by atoms with Gasteiger partial charge in [-0.15, -0.1) is 6.58 Å². The van der Waals surface area contributed by atoms with E-state index in [-0.39, 0.29) is 10.1 Å². The van der Waals surface area contributed by atoms with Crippen LogP contribution in [0.15, 0.2) is 25.3 Å². The smallest absolute Gasteiger partial charge is 0.195 e. The van der Waals surface area contributed by atoms with Gasteiger partial charge in [0.2, 0.25) is 5.41 Å². The molecular weight excluding hydrogens is 228 g/mol. The molecule has 0 aliphatic carbocycles. The van der Waals surface area contributed by atoms with Crippen LogP contribution in [0.1, 0.15) is 41.5 Å². The molecule has 0 saturated carbocycles. The maximum atomic E-state index is 5.41. The Bertz CT molecular complexity index is 302. The minimum atomic E-state index is -2.00. The van der Waals surface area contributed by atoms with Crippen LogP contribution in [0.3, 0.4) is 0 Å². The van der Waals surface area contributed by atoms with Crippen molar-refractivity contribution in [1.29, 1.82) is 0 Å². The van der Waals surface area contributed by atoms with Gasteiger partial charge in [0.1, 0.15) is 0 Å². The summed E-state index contributed by atoms with van der Waals surface area (Å²) in [7, 11) is -2.00. The molecule has 1 aliphatic rings. The van der Waals surface area contributed by atoms with Gasteiger partial charge in [-0.05, 0) is 22.2 Å². The summed E-state index contributed by atoms with van der Waals surface area (Å²) < 4.78 is 0. The Morgan fingerprint density at radius 1 is 1.00 bits per heavy atom. The molecule has 1 saturated heterocycles. The fourth-order valence-corrected chi connectivity index (χ4v) is 10.5. The fraction of sp³-hybridized carbons (Fsp3) is 0.714. The van der Waals surface area contributed by atoms with Gasteiger partial charge in [0.05, 0.1) is 0 Å². The lowest BCUT2D eigenvalue weighted by Crippen LogP contribution is -2.62. The van der Waals surface area contributed by atoms with Crippen LogP contribution in [0.4, 0.5) is 0 Å². The van der Waals surface area contributed by atoms with E-state index in [1.165, 1.54) is 0 Å². The van der Waals surface area contributed by atoms with E-state index in [1.54, 1.807) is 0 Å². The highest BCUT2D eigenvalue weighted by molar-refractivity contribution is 6.88. The lowest BCUT2D eigenvalue weighted by molar-refractivity contribution is 0.0850. The zero-order valence-corrected chi connectivity index (χ0v) is 13.1. The maximum absolute atomic E-state index is 5.41. The maximum Gasteiger partial charge on any atom is 0.235 e. The van der Waals surface area contributed by atoms with E-state index < -0.39 is 13.5 Å². The summed E-state index contributed by atoms with van der Waals surface area (Å²) in [6.07, 6.45) is 3.86. The van der Waals surface area contributed by atoms with Crippen molar-refractivity contribution in [3.63, 3.8) is 0 Å². The van der Waals surface area contributed by atoms with Gasteiger partial charge in [0.15, 0.2) is 8.07 Å². The predicted molar refractivity (Wildman–Crippen MR) is 75.3 cm³/mol. The van der Waals surface area contributed by atoms with Crippen molar-refractivity contribution in [2.45, 2.75) is 63.1 Å². The standard InChI is InChI=1S/C14H26O2Si/c1-9-11-17(12(3,4)5,13(6,7)8)14(10-2)15-16-14/h9-10H,1-2,11H2,3-8H3. The van der Waals surface area contributed by atoms with E-state index in [0.717, 1.165) is 6.04 Å². The molecule has 0 amide bonds. The zero-order valence-electron chi connectivity index (χ0n) is 12.1. The van der Waals surface area contributed by atoms with Crippen LogP contribution < -0.4 is 0 Å². The molecule has 0 aromatic carbocycles. The molecule has 0 bridgehead atoms. The summed E-state index contributed by atoms with van der Waals surface area (Å²) >= 11 is 0. The van der Waals surface area contributed by atoms with Crippen LogP contribution in [0.5, 0.6) is 0 Å². The van der Waals surface area contributed by atoms with E-state index >= 15 is 0 Å².